The lowest BCUT2D eigenvalue weighted by Crippen LogP contribution is -2.37. The number of hydrogen-bond donors (Lipinski definition) is 2. The van der Waals surface area contributed by atoms with E-state index in [9.17, 15) is 22.8 Å². The number of ether oxygens (including phenoxy) is 1. The minimum Gasteiger partial charge on any atom is -0.497 e. The number of hydrogen-bond acceptors (Lipinski definition) is 4. The van der Waals surface area contributed by atoms with Crippen LogP contribution < -0.4 is 15.4 Å². The third-order valence-corrected chi connectivity index (χ3v) is 3.81. The molecule has 0 saturated heterocycles. The number of aromatic nitrogens is 2. The van der Waals surface area contributed by atoms with E-state index in [2.05, 4.69) is 10.3 Å². The molecular formula is C18H15F3N4O3. The van der Waals surface area contributed by atoms with Gasteiger partial charge in [-0.05, 0) is 36.4 Å². The molecular weight excluding hydrogens is 377 g/mol. The number of imide groups is 1. The van der Waals surface area contributed by atoms with E-state index in [1.807, 2.05) is 5.32 Å². The minimum atomic E-state index is -4.75. The van der Waals surface area contributed by atoms with Gasteiger partial charge in [-0.1, -0.05) is 12.1 Å². The number of imidazole rings is 1. The van der Waals surface area contributed by atoms with Gasteiger partial charge in [0, 0.05) is 5.69 Å². The van der Waals surface area contributed by atoms with Crippen molar-refractivity contribution >= 4 is 28.7 Å². The Morgan fingerprint density at radius 2 is 1.79 bits per heavy atom. The summed E-state index contributed by atoms with van der Waals surface area (Å²) in [5, 5.41) is 4.41. The van der Waals surface area contributed by atoms with Crippen molar-refractivity contribution in [3.63, 3.8) is 0 Å². The van der Waals surface area contributed by atoms with Crippen LogP contribution in [0.3, 0.4) is 0 Å². The number of para-hydroxylation sites is 2. The molecule has 28 heavy (non-hydrogen) atoms. The zero-order chi connectivity index (χ0) is 20.3. The molecule has 0 bridgehead atoms. The first-order chi connectivity index (χ1) is 13.3. The van der Waals surface area contributed by atoms with Crippen LogP contribution in [0.15, 0.2) is 48.5 Å². The summed E-state index contributed by atoms with van der Waals surface area (Å²) in [6.07, 6.45) is -4.75. The standard InChI is InChI=1S/C18H15F3N4O3/c1-28-12-8-6-11(7-9-12)22-17(27)24-15(26)10-25-14-5-3-2-4-13(14)23-16(25)18(19,20)21/h2-9H,10H2,1H3,(H2,22,24,26,27). The second kappa shape index (κ2) is 7.59. The number of fused-ring (bicyclic) bond motifs is 1. The summed E-state index contributed by atoms with van der Waals surface area (Å²) in [4.78, 5) is 27.6. The molecule has 0 spiro atoms. The molecule has 0 aliphatic carbocycles. The summed E-state index contributed by atoms with van der Waals surface area (Å²) >= 11 is 0. The molecule has 1 aromatic heterocycles. The molecule has 3 rings (SSSR count). The third-order valence-electron chi connectivity index (χ3n) is 3.81. The van der Waals surface area contributed by atoms with E-state index in [-0.39, 0.29) is 11.0 Å². The van der Waals surface area contributed by atoms with Crippen molar-refractivity contribution in [2.75, 3.05) is 12.4 Å². The van der Waals surface area contributed by atoms with Crippen LogP contribution >= 0.6 is 0 Å². The SMILES string of the molecule is COc1ccc(NC(=O)NC(=O)Cn2c(C(F)(F)F)nc3ccccc32)cc1. The zero-order valence-corrected chi connectivity index (χ0v) is 14.6. The zero-order valence-electron chi connectivity index (χ0n) is 14.6. The van der Waals surface area contributed by atoms with E-state index in [0.717, 1.165) is 4.57 Å². The number of nitrogens with zero attached hydrogens (tertiary/aromatic N) is 2. The van der Waals surface area contributed by atoms with Crippen molar-refractivity contribution in [1.29, 1.82) is 0 Å². The smallest absolute Gasteiger partial charge is 0.449 e. The second-order valence-electron chi connectivity index (χ2n) is 5.74. The molecule has 0 radical (unpaired) electrons. The first-order valence-electron chi connectivity index (χ1n) is 8.05. The van der Waals surface area contributed by atoms with Crippen molar-refractivity contribution in [3.05, 3.63) is 54.4 Å². The van der Waals surface area contributed by atoms with E-state index in [4.69, 9.17) is 4.74 Å². The maximum Gasteiger partial charge on any atom is 0.449 e. The maximum atomic E-state index is 13.2. The molecule has 0 fully saturated rings. The molecule has 0 atom stereocenters. The van der Waals surface area contributed by atoms with Gasteiger partial charge in [0.25, 0.3) is 0 Å². The van der Waals surface area contributed by atoms with Crippen LogP contribution in [0.1, 0.15) is 5.82 Å². The molecule has 0 aliphatic heterocycles. The van der Waals surface area contributed by atoms with Gasteiger partial charge >= 0.3 is 12.2 Å². The molecule has 3 aromatic rings. The Labute approximate surface area is 157 Å². The number of methoxy groups -OCH3 is 1. The molecule has 0 unspecified atom stereocenters. The summed E-state index contributed by atoms with van der Waals surface area (Å²) in [6, 6.07) is 11.3. The number of amides is 3. The molecule has 0 saturated carbocycles. The van der Waals surface area contributed by atoms with E-state index < -0.39 is 30.5 Å². The Morgan fingerprint density at radius 1 is 1.11 bits per heavy atom. The number of rotatable bonds is 4. The molecule has 2 aromatic carbocycles. The van der Waals surface area contributed by atoms with E-state index in [0.29, 0.717) is 11.4 Å². The lowest BCUT2D eigenvalue weighted by atomic mass is 10.3. The number of anilines is 1. The average molecular weight is 392 g/mol. The van der Waals surface area contributed by atoms with Crippen LogP contribution in [0.4, 0.5) is 23.7 Å². The molecule has 7 nitrogen and oxygen atoms in total. The van der Waals surface area contributed by atoms with Crippen molar-refractivity contribution in [2.45, 2.75) is 12.7 Å². The monoisotopic (exact) mass is 392 g/mol. The van der Waals surface area contributed by atoms with Crippen molar-refractivity contribution < 1.29 is 27.5 Å². The van der Waals surface area contributed by atoms with Gasteiger partial charge in [0.05, 0.1) is 18.1 Å². The highest BCUT2D eigenvalue weighted by Gasteiger charge is 2.38. The molecule has 2 N–H and O–H groups in total. The van der Waals surface area contributed by atoms with Gasteiger partial charge in [-0.3, -0.25) is 10.1 Å². The van der Waals surface area contributed by atoms with Crippen molar-refractivity contribution in [2.24, 2.45) is 0 Å². The number of urea groups is 1. The normalized spacial score (nSPS) is 11.3. The first kappa shape index (κ1) is 19.2. The average Bonchev–Trinajstić information content (AvgIpc) is 3.01. The highest BCUT2D eigenvalue weighted by molar-refractivity contribution is 6.01. The van der Waals surface area contributed by atoms with Crippen LogP contribution in [0, 0.1) is 0 Å². The molecule has 3 amide bonds. The van der Waals surface area contributed by atoms with Gasteiger partial charge in [-0.25, -0.2) is 9.78 Å². The highest BCUT2D eigenvalue weighted by Crippen LogP contribution is 2.31. The quantitative estimate of drug-likeness (QED) is 0.713. The molecule has 10 heteroatoms. The Hall–Kier alpha value is -3.56. The number of nitrogens with one attached hydrogen (secondary N) is 2. The summed E-state index contributed by atoms with van der Waals surface area (Å²) in [5.41, 5.74) is 0.626. The summed E-state index contributed by atoms with van der Waals surface area (Å²) < 4.78 is 45.4. The number of carbonyl (C=O) groups is 2. The number of halogens is 3. The van der Waals surface area contributed by atoms with E-state index >= 15 is 0 Å². The van der Waals surface area contributed by atoms with E-state index in [1.54, 1.807) is 30.3 Å². The Balaban J connectivity index is 1.73. The summed E-state index contributed by atoms with van der Waals surface area (Å²) in [5.74, 6) is -1.55. The van der Waals surface area contributed by atoms with Gasteiger partial charge in [0.2, 0.25) is 11.7 Å². The lowest BCUT2D eigenvalue weighted by Gasteiger charge is -2.12. The summed E-state index contributed by atoms with van der Waals surface area (Å²) in [7, 11) is 1.49. The van der Waals surface area contributed by atoms with Gasteiger partial charge < -0.3 is 14.6 Å². The molecule has 0 aliphatic rings. The predicted octanol–water partition coefficient (Wildman–Crippen LogP) is 3.41. The number of alkyl halides is 3. The largest absolute Gasteiger partial charge is 0.497 e. The maximum absolute atomic E-state index is 13.2. The van der Waals surface area contributed by atoms with Crippen LogP contribution in [-0.2, 0) is 17.5 Å². The van der Waals surface area contributed by atoms with Crippen LogP contribution in [0.5, 0.6) is 5.75 Å². The van der Waals surface area contributed by atoms with Crippen molar-refractivity contribution in [3.8, 4) is 5.75 Å². The summed E-state index contributed by atoms with van der Waals surface area (Å²) in [6.45, 7) is -0.717. The Kier molecular flexibility index (Phi) is 5.21. The second-order valence-corrected chi connectivity index (χ2v) is 5.74. The third kappa shape index (κ3) is 4.22. The van der Waals surface area contributed by atoms with E-state index in [1.165, 1.54) is 25.3 Å². The fraction of sp³-hybridized carbons (Fsp3) is 0.167. The number of benzene rings is 2. The van der Waals surface area contributed by atoms with Gasteiger partial charge in [0.1, 0.15) is 12.3 Å². The van der Waals surface area contributed by atoms with Gasteiger partial charge in [0.15, 0.2) is 0 Å². The van der Waals surface area contributed by atoms with Gasteiger partial charge in [-0.2, -0.15) is 13.2 Å². The number of carbonyl (C=O) groups excluding carboxylic acids is 2. The predicted molar refractivity (Wildman–Crippen MR) is 94.9 cm³/mol. The lowest BCUT2D eigenvalue weighted by molar-refractivity contribution is -0.147. The van der Waals surface area contributed by atoms with Gasteiger partial charge in [-0.15, -0.1) is 0 Å². The molecule has 146 valence electrons. The van der Waals surface area contributed by atoms with Crippen LogP contribution in [0.2, 0.25) is 0 Å². The van der Waals surface area contributed by atoms with Crippen molar-refractivity contribution in [1.82, 2.24) is 14.9 Å². The van der Waals surface area contributed by atoms with Crippen LogP contribution in [0.25, 0.3) is 11.0 Å². The Morgan fingerprint density at radius 3 is 2.43 bits per heavy atom. The first-order valence-corrected chi connectivity index (χ1v) is 8.05. The fourth-order valence-corrected chi connectivity index (χ4v) is 2.60. The Bertz CT molecular complexity index is 1010. The fourth-order valence-electron chi connectivity index (χ4n) is 2.60. The minimum absolute atomic E-state index is 0.102. The van der Waals surface area contributed by atoms with Crippen LogP contribution in [-0.4, -0.2) is 28.6 Å². The highest BCUT2D eigenvalue weighted by atomic mass is 19.4. The topological polar surface area (TPSA) is 85.3 Å². The molecule has 1 heterocycles.